The Balaban J connectivity index is 1.85. The van der Waals surface area contributed by atoms with Crippen LogP contribution in [0.15, 0.2) is 51.8 Å². The second-order valence-corrected chi connectivity index (χ2v) is 8.12. The van der Waals surface area contributed by atoms with Gasteiger partial charge < -0.3 is 11.1 Å². The first-order chi connectivity index (χ1) is 12.2. The normalized spacial score (nSPS) is 15.9. The van der Waals surface area contributed by atoms with E-state index in [-0.39, 0.29) is 4.90 Å². The largest absolute Gasteiger partial charge is 0.399 e. The maximum atomic E-state index is 12.4. The van der Waals surface area contributed by atoms with E-state index in [2.05, 4.69) is 21.2 Å². The van der Waals surface area contributed by atoms with Crippen LogP contribution >= 0.6 is 15.9 Å². The van der Waals surface area contributed by atoms with Gasteiger partial charge in [0.1, 0.15) is 5.92 Å². The van der Waals surface area contributed by atoms with Crippen molar-refractivity contribution in [2.75, 3.05) is 11.1 Å². The van der Waals surface area contributed by atoms with Gasteiger partial charge in [-0.05, 0) is 48.0 Å². The number of anilines is 2. The molecule has 1 atom stereocenters. The van der Waals surface area contributed by atoms with Crippen molar-refractivity contribution >= 4 is 54.9 Å². The Morgan fingerprint density at radius 2 is 1.77 bits per heavy atom. The van der Waals surface area contributed by atoms with Crippen molar-refractivity contribution in [3.63, 3.8) is 0 Å². The van der Waals surface area contributed by atoms with Gasteiger partial charge in [-0.15, -0.1) is 0 Å². The molecule has 4 N–H and O–H groups in total. The summed E-state index contributed by atoms with van der Waals surface area (Å²) in [5, 5.41) is 2.49. The molecule has 0 bridgehead atoms. The van der Waals surface area contributed by atoms with Crippen LogP contribution in [0.1, 0.15) is 11.5 Å². The molecule has 0 unspecified atom stereocenters. The van der Waals surface area contributed by atoms with E-state index in [1.807, 2.05) is 0 Å². The lowest BCUT2D eigenvalue weighted by atomic mass is 9.96. The monoisotopic (exact) mass is 437 g/mol. The quantitative estimate of drug-likeness (QED) is 0.372. The standard InChI is InChI=1S/C16H12BrN3O5S/c17-8-1-6-12-11(7-8)13(15(22)19-12)14(21)16(23)20-26(24,25)10-4-2-9(18)3-5-10/h1-7,13H,18H2,(H,19,22)(H,20,23)/t13-/m1/s1. The lowest BCUT2D eigenvalue weighted by Gasteiger charge is -2.10. The molecule has 1 aliphatic rings. The van der Waals surface area contributed by atoms with Crippen LogP contribution in [0.25, 0.3) is 0 Å². The lowest BCUT2D eigenvalue weighted by Crippen LogP contribution is -2.40. The van der Waals surface area contributed by atoms with E-state index in [1.54, 1.807) is 16.9 Å². The molecule has 0 radical (unpaired) electrons. The van der Waals surface area contributed by atoms with Gasteiger partial charge in [0.05, 0.1) is 4.90 Å². The predicted octanol–water partition coefficient (Wildman–Crippen LogP) is 1.14. The molecule has 0 aromatic heterocycles. The van der Waals surface area contributed by atoms with Crippen LogP contribution in [0.5, 0.6) is 0 Å². The number of hydrogen-bond acceptors (Lipinski definition) is 6. The van der Waals surface area contributed by atoms with Gasteiger partial charge in [0.2, 0.25) is 11.7 Å². The summed E-state index contributed by atoms with van der Waals surface area (Å²) in [5.41, 5.74) is 6.53. The summed E-state index contributed by atoms with van der Waals surface area (Å²) >= 11 is 3.23. The topological polar surface area (TPSA) is 135 Å². The lowest BCUT2D eigenvalue weighted by molar-refractivity contribution is -0.139. The number of rotatable bonds is 4. The molecule has 2 aromatic carbocycles. The summed E-state index contributed by atoms with van der Waals surface area (Å²) in [6.07, 6.45) is 0. The third-order valence-electron chi connectivity index (χ3n) is 3.75. The highest BCUT2D eigenvalue weighted by molar-refractivity contribution is 9.10. The smallest absolute Gasteiger partial charge is 0.302 e. The van der Waals surface area contributed by atoms with Gasteiger partial charge in [0.15, 0.2) is 0 Å². The Morgan fingerprint density at radius 1 is 1.12 bits per heavy atom. The summed E-state index contributed by atoms with van der Waals surface area (Å²) in [7, 11) is -4.27. The Bertz CT molecular complexity index is 1030. The Kier molecular flexibility index (Phi) is 4.55. The van der Waals surface area contributed by atoms with Crippen molar-refractivity contribution in [2.45, 2.75) is 10.8 Å². The number of amides is 2. The van der Waals surface area contributed by atoms with Crippen molar-refractivity contribution < 1.29 is 22.8 Å². The molecule has 0 aliphatic carbocycles. The summed E-state index contributed by atoms with van der Waals surface area (Å²) < 4.78 is 26.7. The molecule has 134 valence electrons. The van der Waals surface area contributed by atoms with Crippen LogP contribution < -0.4 is 15.8 Å². The molecule has 0 saturated carbocycles. The summed E-state index contributed by atoms with van der Waals surface area (Å²) in [6, 6.07) is 9.86. The molecule has 26 heavy (non-hydrogen) atoms. The fourth-order valence-electron chi connectivity index (χ4n) is 2.50. The Morgan fingerprint density at radius 3 is 2.42 bits per heavy atom. The zero-order chi connectivity index (χ0) is 19.1. The number of nitrogens with two attached hydrogens (primary N) is 1. The SMILES string of the molecule is Nc1ccc(S(=O)(=O)NC(=O)C(=O)[C@@H]2C(=O)Nc3ccc(Br)cc32)cc1. The fraction of sp³-hybridized carbons (Fsp3) is 0.0625. The summed E-state index contributed by atoms with van der Waals surface area (Å²) in [6.45, 7) is 0. The van der Waals surface area contributed by atoms with Gasteiger partial charge in [0, 0.05) is 15.8 Å². The van der Waals surface area contributed by atoms with Gasteiger partial charge in [-0.25, -0.2) is 13.1 Å². The Labute approximate surface area is 156 Å². The highest BCUT2D eigenvalue weighted by Crippen LogP contribution is 2.35. The van der Waals surface area contributed by atoms with Gasteiger partial charge in [-0.3, -0.25) is 14.4 Å². The molecule has 10 heteroatoms. The minimum absolute atomic E-state index is 0.230. The van der Waals surface area contributed by atoms with Crippen LogP contribution in [0, 0.1) is 0 Å². The second-order valence-electron chi connectivity index (χ2n) is 5.52. The zero-order valence-corrected chi connectivity index (χ0v) is 15.4. The molecule has 2 amide bonds. The molecule has 1 heterocycles. The number of carbonyl (C=O) groups excluding carboxylic acids is 3. The molecule has 2 aromatic rings. The van der Waals surface area contributed by atoms with Crippen LogP contribution in [0.4, 0.5) is 11.4 Å². The van der Waals surface area contributed by atoms with E-state index in [1.165, 1.54) is 30.3 Å². The van der Waals surface area contributed by atoms with E-state index >= 15 is 0 Å². The van der Waals surface area contributed by atoms with Crippen LogP contribution in [-0.4, -0.2) is 26.0 Å². The number of nitrogen functional groups attached to an aromatic ring is 1. The predicted molar refractivity (Wildman–Crippen MR) is 96.7 cm³/mol. The number of nitrogens with one attached hydrogen (secondary N) is 2. The molecule has 1 aliphatic heterocycles. The van der Waals surface area contributed by atoms with Gasteiger partial charge in [-0.1, -0.05) is 15.9 Å². The maximum absolute atomic E-state index is 12.4. The number of halogens is 1. The van der Waals surface area contributed by atoms with Crippen molar-refractivity contribution in [3.05, 3.63) is 52.5 Å². The van der Waals surface area contributed by atoms with Gasteiger partial charge in [-0.2, -0.15) is 0 Å². The van der Waals surface area contributed by atoms with Crippen molar-refractivity contribution in [2.24, 2.45) is 0 Å². The first-order valence-electron chi connectivity index (χ1n) is 7.26. The first-order valence-corrected chi connectivity index (χ1v) is 9.53. The number of ketones is 1. The minimum Gasteiger partial charge on any atom is -0.399 e. The number of benzene rings is 2. The second kappa shape index (κ2) is 6.54. The average molecular weight is 438 g/mol. The highest BCUT2D eigenvalue weighted by Gasteiger charge is 2.40. The summed E-state index contributed by atoms with van der Waals surface area (Å²) in [5.74, 6) is -4.67. The molecule has 0 saturated heterocycles. The minimum atomic E-state index is -4.27. The molecule has 3 rings (SSSR count). The molecule has 8 nitrogen and oxygen atoms in total. The Hall–Kier alpha value is -2.72. The van der Waals surface area contributed by atoms with Gasteiger partial charge >= 0.3 is 5.91 Å². The summed E-state index contributed by atoms with van der Waals surface area (Å²) in [4.78, 5) is 36.4. The maximum Gasteiger partial charge on any atom is 0.302 e. The van der Waals surface area contributed by atoms with Gasteiger partial charge in [0.25, 0.3) is 10.0 Å². The van der Waals surface area contributed by atoms with E-state index < -0.39 is 33.5 Å². The highest BCUT2D eigenvalue weighted by atomic mass is 79.9. The third-order valence-corrected chi connectivity index (χ3v) is 5.59. The number of sulfonamides is 1. The van der Waals surface area contributed by atoms with E-state index in [0.29, 0.717) is 21.4 Å². The van der Waals surface area contributed by atoms with E-state index in [4.69, 9.17) is 5.73 Å². The number of hydrogen-bond donors (Lipinski definition) is 3. The number of fused-ring (bicyclic) bond motifs is 1. The van der Waals surface area contributed by atoms with Crippen molar-refractivity contribution in [1.82, 2.24) is 4.72 Å². The first kappa shape index (κ1) is 18.1. The van der Waals surface area contributed by atoms with Crippen molar-refractivity contribution in [3.8, 4) is 0 Å². The van der Waals surface area contributed by atoms with E-state index in [9.17, 15) is 22.8 Å². The number of carbonyl (C=O) groups is 3. The molecule has 0 spiro atoms. The number of Topliss-reactive ketones (excluding diaryl/α,β-unsaturated/α-hetero) is 1. The molecule has 0 fully saturated rings. The fourth-order valence-corrected chi connectivity index (χ4v) is 3.84. The average Bonchev–Trinajstić information content (AvgIpc) is 2.89. The van der Waals surface area contributed by atoms with Crippen LogP contribution in [0.3, 0.4) is 0 Å². The van der Waals surface area contributed by atoms with E-state index in [0.717, 1.165) is 0 Å². The third kappa shape index (κ3) is 3.33. The van der Waals surface area contributed by atoms with Crippen LogP contribution in [0.2, 0.25) is 0 Å². The van der Waals surface area contributed by atoms with Crippen LogP contribution in [-0.2, 0) is 24.4 Å². The van der Waals surface area contributed by atoms with Crippen molar-refractivity contribution in [1.29, 1.82) is 0 Å². The molecular weight excluding hydrogens is 426 g/mol. The molecular formula is C16H12BrN3O5S. The zero-order valence-electron chi connectivity index (χ0n) is 13.0.